The molecule has 0 spiro atoms. The van der Waals surface area contributed by atoms with Crippen LogP contribution in [0.15, 0.2) is 36.4 Å². The molecule has 1 aromatic heterocycles. The van der Waals surface area contributed by atoms with Crippen LogP contribution < -0.4 is 4.90 Å². The lowest BCUT2D eigenvalue weighted by Gasteiger charge is -2.27. The number of fused-ring (bicyclic) bond motifs is 1. The predicted octanol–water partition coefficient (Wildman–Crippen LogP) is 4.55. The standard InChI is InChI=1S/C21H20F2IN3O2S/c22-14-12-16(23)19-18(13-14)30-21(25-19)27(7-3-6-26-8-10-29-11-9-26)20(28)15-4-1-2-5-17(15)24/h1-2,4-5,12-13H,3,6-11H2. The summed E-state index contributed by atoms with van der Waals surface area (Å²) in [4.78, 5) is 21.6. The van der Waals surface area contributed by atoms with Gasteiger partial charge in [0.15, 0.2) is 10.9 Å². The van der Waals surface area contributed by atoms with Gasteiger partial charge in [-0.05, 0) is 47.2 Å². The second kappa shape index (κ2) is 9.63. The van der Waals surface area contributed by atoms with Crippen molar-refractivity contribution in [2.24, 2.45) is 0 Å². The third-order valence-corrected chi connectivity index (χ3v) is 6.91. The molecule has 1 aliphatic rings. The quantitative estimate of drug-likeness (QED) is 0.429. The van der Waals surface area contributed by atoms with E-state index in [4.69, 9.17) is 4.74 Å². The van der Waals surface area contributed by atoms with E-state index in [1.165, 1.54) is 6.07 Å². The normalized spacial score (nSPS) is 14.9. The molecular weight excluding hydrogens is 523 g/mol. The number of ether oxygens (including phenoxy) is 1. The zero-order chi connectivity index (χ0) is 21.1. The number of anilines is 1. The Bertz CT molecular complexity index is 1060. The highest BCUT2D eigenvalue weighted by Crippen LogP contribution is 2.32. The second-order valence-electron chi connectivity index (χ2n) is 6.97. The number of morpholine rings is 1. The Morgan fingerprint density at radius 1 is 1.23 bits per heavy atom. The zero-order valence-corrected chi connectivity index (χ0v) is 19.1. The van der Waals surface area contributed by atoms with E-state index < -0.39 is 11.6 Å². The van der Waals surface area contributed by atoms with Gasteiger partial charge in [-0.2, -0.15) is 0 Å². The zero-order valence-electron chi connectivity index (χ0n) is 16.1. The summed E-state index contributed by atoms with van der Waals surface area (Å²) >= 11 is 3.26. The van der Waals surface area contributed by atoms with Gasteiger partial charge >= 0.3 is 0 Å². The van der Waals surface area contributed by atoms with Gasteiger partial charge in [0.2, 0.25) is 0 Å². The average molecular weight is 543 g/mol. The summed E-state index contributed by atoms with van der Waals surface area (Å²) in [6.07, 6.45) is 0.738. The van der Waals surface area contributed by atoms with Crippen LogP contribution in [0.5, 0.6) is 0 Å². The van der Waals surface area contributed by atoms with Gasteiger partial charge in [-0.1, -0.05) is 23.5 Å². The molecule has 5 nitrogen and oxygen atoms in total. The molecule has 1 aliphatic heterocycles. The highest BCUT2D eigenvalue weighted by molar-refractivity contribution is 14.1. The molecule has 1 saturated heterocycles. The number of rotatable bonds is 6. The molecule has 0 aliphatic carbocycles. The van der Waals surface area contributed by atoms with Crippen molar-refractivity contribution in [3.05, 3.63) is 57.2 Å². The number of carbonyl (C=O) groups is 1. The minimum atomic E-state index is -0.720. The molecule has 0 radical (unpaired) electrons. The third kappa shape index (κ3) is 4.79. The number of benzene rings is 2. The van der Waals surface area contributed by atoms with Crippen molar-refractivity contribution in [2.45, 2.75) is 6.42 Å². The fourth-order valence-electron chi connectivity index (χ4n) is 3.40. The molecule has 2 heterocycles. The number of nitrogens with zero attached hydrogens (tertiary/aromatic N) is 3. The van der Waals surface area contributed by atoms with E-state index in [2.05, 4.69) is 32.5 Å². The molecule has 9 heteroatoms. The molecule has 0 N–H and O–H groups in total. The third-order valence-electron chi connectivity index (χ3n) is 4.94. The van der Waals surface area contributed by atoms with Gasteiger partial charge in [-0.15, -0.1) is 0 Å². The number of thiazole rings is 1. The topological polar surface area (TPSA) is 45.7 Å². The van der Waals surface area contributed by atoms with E-state index in [1.807, 2.05) is 18.2 Å². The molecule has 0 unspecified atom stereocenters. The van der Waals surface area contributed by atoms with Gasteiger partial charge < -0.3 is 4.74 Å². The number of aromatic nitrogens is 1. The first-order valence-corrected chi connectivity index (χ1v) is 11.5. The average Bonchev–Trinajstić information content (AvgIpc) is 3.16. The maximum atomic E-state index is 14.2. The first-order valence-electron chi connectivity index (χ1n) is 9.65. The lowest BCUT2D eigenvalue weighted by molar-refractivity contribution is 0.0376. The number of halogens is 3. The van der Waals surface area contributed by atoms with E-state index in [0.717, 1.165) is 47.0 Å². The Labute approximate surface area is 190 Å². The van der Waals surface area contributed by atoms with Crippen molar-refractivity contribution in [3.63, 3.8) is 0 Å². The van der Waals surface area contributed by atoms with E-state index in [9.17, 15) is 13.6 Å². The van der Waals surface area contributed by atoms with Crippen molar-refractivity contribution >= 4 is 55.2 Å². The van der Waals surface area contributed by atoms with E-state index in [-0.39, 0.29) is 11.4 Å². The predicted molar refractivity (Wildman–Crippen MR) is 122 cm³/mol. The van der Waals surface area contributed by atoms with Gasteiger partial charge in [0, 0.05) is 35.8 Å². The van der Waals surface area contributed by atoms with Crippen LogP contribution in [-0.4, -0.2) is 55.2 Å². The summed E-state index contributed by atoms with van der Waals surface area (Å²) in [5, 5.41) is 0.376. The molecule has 0 bridgehead atoms. The summed E-state index contributed by atoms with van der Waals surface area (Å²) < 4.78 is 34.4. The minimum absolute atomic E-state index is 0.0881. The molecule has 30 heavy (non-hydrogen) atoms. The Balaban J connectivity index is 1.62. The van der Waals surface area contributed by atoms with Crippen LogP contribution >= 0.6 is 33.9 Å². The van der Waals surface area contributed by atoms with Gasteiger partial charge in [0.25, 0.3) is 5.91 Å². The van der Waals surface area contributed by atoms with E-state index in [0.29, 0.717) is 35.2 Å². The molecule has 3 aromatic rings. The van der Waals surface area contributed by atoms with Crippen LogP contribution in [-0.2, 0) is 4.74 Å². The second-order valence-corrected chi connectivity index (χ2v) is 9.15. The summed E-state index contributed by atoms with van der Waals surface area (Å²) in [5.74, 6) is -1.57. The number of carbonyl (C=O) groups excluding carboxylic acids is 1. The lowest BCUT2D eigenvalue weighted by Crippen LogP contribution is -2.39. The highest BCUT2D eigenvalue weighted by atomic mass is 127. The Morgan fingerprint density at radius 3 is 2.77 bits per heavy atom. The maximum absolute atomic E-state index is 14.2. The Morgan fingerprint density at radius 2 is 2.00 bits per heavy atom. The summed E-state index contributed by atoms with van der Waals surface area (Å²) in [5.41, 5.74) is 0.653. The molecular formula is C21H20F2IN3O2S. The van der Waals surface area contributed by atoms with Crippen LogP contribution in [0.4, 0.5) is 13.9 Å². The highest BCUT2D eigenvalue weighted by Gasteiger charge is 2.24. The molecule has 1 fully saturated rings. The monoisotopic (exact) mass is 543 g/mol. The summed E-state index contributed by atoms with van der Waals surface area (Å²) in [7, 11) is 0. The van der Waals surface area contributed by atoms with Gasteiger partial charge in [-0.25, -0.2) is 13.8 Å². The van der Waals surface area contributed by atoms with Crippen molar-refractivity contribution in [1.29, 1.82) is 0 Å². The maximum Gasteiger partial charge on any atom is 0.261 e. The molecule has 0 atom stereocenters. The van der Waals surface area contributed by atoms with Crippen molar-refractivity contribution in [2.75, 3.05) is 44.3 Å². The van der Waals surface area contributed by atoms with Crippen LogP contribution in [0.3, 0.4) is 0 Å². The van der Waals surface area contributed by atoms with Crippen molar-refractivity contribution < 1.29 is 18.3 Å². The number of hydrogen-bond donors (Lipinski definition) is 0. The molecule has 1 amide bonds. The summed E-state index contributed by atoms with van der Waals surface area (Å²) in [6.45, 7) is 4.44. The van der Waals surface area contributed by atoms with Crippen molar-refractivity contribution in [1.82, 2.24) is 9.88 Å². The van der Waals surface area contributed by atoms with Crippen molar-refractivity contribution in [3.8, 4) is 0 Å². The first kappa shape index (κ1) is 21.5. The molecule has 4 rings (SSSR count). The minimum Gasteiger partial charge on any atom is -0.379 e. The largest absolute Gasteiger partial charge is 0.379 e. The molecule has 2 aromatic carbocycles. The first-order chi connectivity index (χ1) is 14.5. The lowest BCUT2D eigenvalue weighted by atomic mass is 10.2. The van der Waals surface area contributed by atoms with Crippen LogP contribution in [0.25, 0.3) is 10.2 Å². The van der Waals surface area contributed by atoms with Gasteiger partial charge in [0.1, 0.15) is 11.3 Å². The van der Waals surface area contributed by atoms with Crippen LogP contribution in [0.1, 0.15) is 16.8 Å². The Hall–Kier alpha value is -1.69. The Kier molecular flexibility index (Phi) is 6.91. The number of hydrogen-bond acceptors (Lipinski definition) is 5. The number of amides is 1. The van der Waals surface area contributed by atoms with Crippen LogP contribution in [0, 0.1) is 15.2 Å². The fourth-order valence-corrected chi connectivity index (χ4v) is 5.05. The summed E-state index contributed by atoms with van der Waals surface area (Å²) in [6, 6.07) is 9.39. The van der Waals surface area contributed by atoms with E-state index in [1.54, 1.807) is 11.0 Å². The SMILES string of the molecule is O=C(c1ccccc1I)N(CCCN1CCOCC1)c1nc2c(F)cc(F)cc2s1. The molecule has 0 saturated carbocycles. The van der Waals surface area contributed by atoms with Gasteiger partial charge in [-0.3, -0.25) is 14.6 Å². The fraction of sp³-hybridized carbons (Fsp3) is 0.333. The molecule has 158 valence electrons. The smallest absolute Gasteiger partial charge is 0.261 e. The van der Waals surface area contributed by atoms with Gasteiger partial charge in [0.05, 0.1) is 23.5 Å². The van der Waals surface area contributed by atoms with E-state index >= 15 is 0 Å². The van der Waals surface area contributed by atoms with Crippen LogP contribution in [0.2, 0.25) is 0 Å².